The number of H-pyrrole nitrogens is 1. The molecule has 1 aliphatic heterocycles. The van der Waals surface area contributed by atoms with Crippen LogP contribution in [-0.4, -0.2) is 32.6 Å². The van der Waals surface area contributed by atoms with Gasteiger partial charge in [-0.25, -0.2) is 8.42 Å². The zero-order valence-electron chi connectivity index (χ0n) is 14.1. The van der Waals surface area contributed by atoms with E-state index in [0.29, 0.717) is 11.3 Å². The van der Waals surface area contributed by atoms with E-state index in [0.717, 1.165) is 22.7 Å². The lowest BCUT2D eigenvalue weighted by Crippen LogP contribution is -1.98. The number of hydrogen-bond donors (Lipinski definition) is 1. The second-order valence-electron chi connectivity index (χ2n) is 6.03. The number of sulfone groups is 1. The summed E-state index contributed by atoms with van der Waals surface area (Å²) in [6.07, 6.45) is 4.53. The number of carbonyl (C=O) groups is 1. The molecule has 0 unspecified atom stereocenters. The van der Waals surface area contributed by atoms with Gasteiger partial charge in [-0.3, -0.25) is 4.79 Å². The maximum atomic E-state index is 12.6. The Bertz CT molecular complexity index is 1190. The molecule has 7 heteroatoms. The number of carbonyl (C=O) groups excluding carboxylic acids is 1. The van der Waals surface area contributed by atoms with Gasteiger partial charge in [0.25, 0.3) is 0 Å². The smallest absolute Gasteiger partial charge is 0.231 e. The predicted molar refractivity (Wildman–Crippen MR) is 97.3 cm³/mol. The van der Waals surface area contributed by atoms with Crippen LogP contribution in [0.5, 0.6) is 11.5 Å². The highest BCUT2D eigenvalue weighted by atomic mass is 32.2. The molecule has 132 valence electrons. The molecule has 4 rings (SSSR count). The molecule has 1 N–H and O–H groups in total. The fourth-order valence-corrected chi connectivity index (χ4v) is 3.54. The van der Waals surface area contributed by atoms with E-state index in [1.165, 1.54) is 18.2 Å². The van der Waals surface area contributed by atoms with Crippen molar-refractivity contribution in [2.75, 3.05) is 13.4 Å². The monoisotopic (exact) mass is 369 g/mol. The van der Waals surface area contributed by atoms with Crippen molar-refractivity contribution in [3.05, 3.63) is 59.5 Å². The number of nitrogens with one attached hydrogen (secondary N) is 1. The van der Waals surface area contributed by atoms with Crippen LogP contribution in [0.2, 0.25) is 0 Å². The standard InChI is InChI=1S/C19H15NO5S/c1-24-12-3-6-16-15(8-12)11(10-20-16)7-18-19(21)14-5-4-13(26(2,22)23)9-17(14)25-18/h3-10,20H,1-2H3/b18-7+. The van der Waals surface area contributed by atoms with Gasteiger partial charge in [-0.05, 0) is 36.4 Å². The number of hydrogen-bond acceptors (Lipinski definition) is 5. The summed E-state index contributed by atoms with van der Waals surface area (Å²) in [5.74, 6) is 0.824. The van der Waals surface area contributed by atoms with Crippen molar-refractivity contribution >= 4 is 32.6 Å². The molecule has 0 saturated carbocycles. The molecule has 1 aromatic heterocycles. The van der Waals surface area contributed by atoms with E-state index >= 15 is 0 Å². The lowest BCUT2D eigenvalue weighted by molar-refractivity contribution is 0.101. The topological polar surface area (TPSA) is 85.5 Å². The Hall–Kier alpha value is -3.06. The quantitative estimate of drug-likeness (QED) is 0.717. The third kappa shape index (κ3) is 2.66. The molecule has 6 nitrogen and oxygen atoms in total. The average Bonchev–Trinajstić information content (AvgIpc) is 3.15. The van der Waals surface area contributed by atoms with E-state index in [2.05, 4.69) is 4.98 Å². The summed E-state index contributed by atoms with van der Waals surface area (Å²) in [5, 5.41) is 0.890. The maximum Gasteiger partial charge on any atom is 0.231 e. The maximum absolute atomic E-state index is 12.6. The van der Waals surface area contributed by atoms with Crippen LogP contribution in [0.25, 0.3) is 17.0 Å². The molecule has 2 heterocycles. The Kier molecular flexibility index (Phi) is 3.62. The molecule has 26 heavy (non-hydrogen) atoms. The number of methoxy groups -OCH3 is 1. The number of ether oxygens (including phenoxy) is 2. The molecular weight excluding hydrogens is 354 g/mol. The zero-order chi connectivity index (χ0) is 18.5. The van der Waals surface area contributed by atoms with Gasteiger partial charge in [-0.2, -0.15) is 0 Å². The largest absolute Gasteiger partial charge is 0.497 e. The molecule has 3 aromatic rings. The molecule has 0 fully saturated rings. The highest BCUT2D eigenvalue weighted by molar-refractivity contribution is 7.90. The molecule has 0 bridgehead atoms. The first-order valence-corrected chi connectivity index (χ1v) is 9.69. The Balaban J connectivity index is 1.76. The number of benzene rings is 2. The van der Waals surface area contributed by atoms with Crippen molar-refractivity contribution in [2.24, 2.45) is 0 Å². The Morgan fingerprint density at radius 2 is 1.96 bits per heavy atom. The van der Waals surface area contributed by atoms with Crippen molar-refractivity contribution in [1.29, 1.82) is 0 Å². The normalized spacial score (nSPS) is 15.3. The minimum Gasteiger partial charge on any atom is -0.497 e. The summed E-state index contributed by atoms with van der Waals surface area (Å²) in [6, 6.07) is 9.87. The van der Waals surface area contributed by atoms with Crippen LogP contribution in [0.1, 0.15) is 15.9 Å². The van der Waals surface area contributed by atoms with E-state index in [-0.39, 0.29) is 22.2 Å². The van der Waals surface area contributed by atoms with Crippen LogP contribution in [-0.2, 0) is 9.84 Å². The first kappa shape index (κ1) is 16.4. The van der Waals surface area contributed by atoms with Crippen molar-refractivity contribution in [3.8, 4) is 11.5 Å². The van der Waals surface area contributed by atoms with E-state index in [1.54, 1.807) is 19.4 Å². The van der Waals surface area contributed by atoms with Crippen LogP contribution < -0.4 is 9.47 Å². The highest BCUT2D eigenvalue weighted by Gasteiger charge is 2.28. The van der Waals surface area contributed by atoms with Gasteiger partial charge in [0.1, 0.15) is 11.5 Å². The minimum absolute atomic E-state index is 0.113. The molecule has 0 spiro atoms. The molecular formula is C19H15NO5S. The minimum atomic E-state index is -3.38. The van der Waals surface area contributed by atoms with Crippen LogP contribution in [0.3, 0.4) is 0 Å². The van der Waals surface area contributed by atoms with E-state index in [1.807, 2.05) is 18.2 Å². The molecule has 1 aliphatic rings. The van der Waals surface area contributed by atoms with Crippen LogP contribution >= 0.6 is 0 Å². The third-order valence-corrected chi connectivity index (χ3v) is 5.39. The Labute approximate surface area is 150 Å². The lowest BCUT2D eigenvalue weighted by Gasteiger charge is -2.01. The van der Waals surface area contributed by atoms with E-state index in [9.17, 15) is 13.2 Å². The van der Waals surface area contributed by atoms with Gasteiger partial charge in [0, 0.05) is 35.0 Å². The summed E-state index contributed by atoms with van der Waals surface area (Å²) >= 11 is 0. The summed E-state index contributed by atoms with van der Waals surface area (Å²) in [5.41, 5.74) is 2.03. The van der Waals surface area contributed by atoms with Gasteiger partial charge in [-0.1, -0.05) is 0 Å². The van der Waals surface area contributed by atoms with Crippen LogP contribution in [0.15, 0.2) is 53.2 Å². The number of aromatic amines is 1. The summed E-state index contributed by atoms with van der Waals surface area (Å²) < 4.78 is 34.3. The van der Waals surface area contributed by atoms with Crippen molar-refractivity contribution < 1.29 is 22.7 Å². The van der Waals surface area contributed by atoms with E-state index < -0.39 is 9.84 Å². The average molecular weight is 369 g/mol. The molecule has 0 saturated heterocycles. The lowest BCUT2D eigenvalue weighted by atomic mass is 10.1. The van der Waals surface area contributed by atoms with Gasteiger partial charge in [-0.15, -0.1) is 0 Å². The summed E-state index contributed by atoms with van der Waals surface area (Å²) in [6.45, 7) is 0. The summed E-state index contributed by atoms with van der Waals surface area (Å²) in [7, 11) is -1.79. The van der Waals surface area contributed by atoms with Gasteiger partial charge in [0.2, 0.25) is 5.78 Å². The Morgan fingerprint density at radius 1 is 1.15 bits per heavy atom. The molecule has 0 amide bonds. The number of aromatic nitrogens is 1. The van der Waals surface area contributed by atoms with Gasteiger partial charge in [0.05, 0.1) is 17.6 Å². The zero-order valence-corrected chi connectivity index (χ0v) is 14.9. The van der Waals surface area contributed by atoms with Crippen molar-refractivity contribution in [2.45, 2.75) is 4.90 Å². The first-order chi connectivity index (χ1) is 12.4. The number of ketones is 1. The second kappa shape index (κ2) is 5.74. The Morgan fingerprint density at radius 3 is 2.69 bits per heavy atom. The third-order valence-electron chi connectivity index (χ3n) is 4.28. The van der Waals surface area contributed by atoms with Gasteiger partial charge >= 0.3 is 0 Å². The van der Waals surface area contributed by atoms with Crippen molar-refractivity contribution in [3.63, 3.8) is 0 Å². The number of fused-ring (bicyclic) bond motifs is 2. The highest BCUT2D eigenvalue weighted by Crippen LogP contribution is 2.35. The second-order valence-corrected chi connectivity index (χ2v) is 8.04. The fourth-order valence-electron chi connectivity index (χ4n) is 2.91. The summed E-state index contributed by atoms with van der Waals surface area (Å²) in [4.78, 5) is 15.8. The van der Waals surface area contributed by atoms with Gasteiger partial charge in [0.15, 0.2) is 15.6 Å². The number of allylic oxidation sites excluding steroid dienone is 1. The number of rotatable bonds is 3. The molecule has 0 radical (unpaired) electrons. The van der Waals surface area contributed by atoms with Crippen molar-refractivity contribution in [1.82, 2.24) is 4.98 Å². The van der Waals surface area contributed by atoms with Crippen LogP contribution in [0.4, 0.5) is 0 Å². The van der Waals surface area contributed by atoms with Gasteiger partial charge < -0.3 is 14.5 Å². The van der Waals surface area contributed by atoms with Crippen LogP contribution in [0, 0.1) is 0 Å². The molecule has 2 aromatic carbocycles. The van der Waals surface area contributed by atoms with E-state index in [4.69, 9.17) is 9.47 Å². The predicted octanol–water partition coefficient (Wildman–Crippen LogP) is 3.20. The SMILES string of the molecule is COc1ccc2[nH]cc(/C=C3/Oc4cc(S(C)(=O)=O)ccc4C3=O)c2c1. The fraction of sp³-hybridized carbons (Fsp3) is 0.105. The first-order valence-electron chi connectivity index (χ1n) is 7.80. The molecule has 0 atom stereocenters. The number of Topliss-reactive ketones (excluding diaryl/α,β-unsaturated/α-hetero) is 1. The molecule has 0 aliphatic carbocycles.